The Bertz CT molecular complexity index is 1240. The Morgan fingerprint density at radius 1 is 1.06 bits per heavy atom. The standard InChI is InChI=1S/C26H33N3O4S/c1-16(2)33-21-11-9-19(10-12-21)24(30)15-27-26-25(13-20-7-5-6-8-23(20)29-26)34(31,32)28-14-22-17(3)18(22)4/h5-13,16-18,22,24,28,30H,14-15H2,1-4H3,(H,27,29)/t17-,18-,24?/m0/s1. The van der Waals surface area contributed by atoms with Gasteiger partial charge in [-0.25, -0.2) is 18.1 Å². The lowest BCUT2D eigenvalue weighted by Crippen LogP contribution is -2.28. The van der Waals surface area contributed by atoms with Crippen molar-refractivity contribution in [1.29, 1.82) is 0 Å². The van der Waals surface area contributed by atoms with Crippen LogP contribution in [0.5, 0.6) is 5.75 Å². The third kappa shape index (κ3) is 5.51. The van der Waals surface area contributed by atoms with Gasteiger partial charge in [0.2, 0.25) is 10.0 Å². The van der Waals surface area contributed by atoms with Crippen LogP contribution in [0, 0.1) is 17.8 Å². The van der Waals surface area contributed by atoms with E-state index in [1.807, 2.05) is 50.2 Å². The third-order valence-electron chi connectivity index (χ3n) is 6.63. The van der Waals surface area contributed by atoms with Gasteiger partial charge in [-0.05, 0) is 61.4 Å². The average Bonchev–Trinajstić information content (AvgIpc) is 3.39. The molecular formula is C26H33N3O4S. The van der Waals surface area contributed by atoms with Gasteiger partial charge in [0, 0.05) is 18.5 Å². The number of aliphatic hydroxyl groups is 1. The number of anilines is 1. The third-order valence-corrected chi connectivity index (χ3v) is 8.06. The highest BCUT2D eigenvalue weighted by Crippen LogP contribution is 2.44. The van der Waals surface area contributed by atoms with E-state index < -0.39 is 16.1 Å². The van der Waals surface area contributed by atoms with E-state index in [9.17, 15) is 13.5 Å². The van der Waals surface area contributed by atoms with Gasteiger partial charge >= 0.3 is 0 Å². The fourth-order valence-corrected chi connectivity index (χ4v) is 5.42. The zero-order chi connectivity index (χ0) is 24.5. The molecule has 3 atom stereocenters. The van der Waals surface area contributed by atoms with Crippen LogP contribution >= 0.6 is 0 Å². The van der Waals surface area contributed by atoms with Crippen LogP contribution in [0.2, 0.25) is 0 Å². The van der Waals surface area contributed by atoms with Crippen molar-refractivity contribution in [2.45, 2.75) is 44.8 Å². The normalized spacial score (nSPS) is 20.9. The molecule has 8 heteroatoms. The first-order valence-corrected chi connectivity index (χ1v) is 13.2. The van der Waals surface area contributed by atoms with Gasteiger partial charge in [-0.3, -0.25) is 0 Å². The molecule has 0 aliphatic heterocycles. The molecule has 182 valence electrons. The number of nitrogens with one attached hydrogen (secondary N) is 2. The van der Waals surface area contributed by atoms with Crippen molar-refractivity contribution in [3.05, 3.63) is 60.2 Å². The van der Waals surface area contributed by atoms with E-state index in [1.165, 1.54) is 0 Å². The Hall–Kier alpha value is -2.68. The highest BCUT2D eigenvalue weighted by atomic mass is 32.2. The second kappa shape index (κ2) is 9.90. The van der Waals surface area contributed by atoms with E-state index in [1.54, 1.807) is 18.2 Å². The number of fused-ring (bicyclic) bond motifs is 1. The molecular weight excluding hydrogens is 450 g/mol. The quantitative estimate of drug-likeness (QED) is 0.396. The van der Waals surface area contributed by atoms with Gasteiger partial charge in [-0.1, -0.05) is 44.2 Å². The largest absolute Gasteiger partial charge is 0.491 e. The lowest BCUT2D eigenvalue weighted by molar-refractivity contribution is 0.191. The van der Waals surface area contributed by atoms with Crippen LogP contribution < -0.4 is 14.8 Å². The number of nitrogens with zero attached hydrogens (tertiary/aromatic N) is 1. The Kier molecular flexibility index (Phi) is 7.12. The van der Waals surface area contributed by atoms with Crippen LogP contribution in [-0.2, 0) is 10.0 Å². The van der Waals surface area contributed by atoms with E-state index in [2.05, 4.69) is 28.9 Å². The van der Waals surface area contributed by atoms with Gasteiger partial charge in [-0.2, -0.15) is 0 Å². The molecule has 1 aliphatic carbocycles. The Balaban J connectivity index is 1.53. The highest BCUT2D eigenvalue weighted by Gasteiger charge is 2.43. The van der Waals surface area contributed by atoms with E-state index in [0.29, 0.717) is 35.4 Å². The first kappa shape index (κ1) is 24.4. The van der Waals surface area contributed by atoms with Crippen LogP contribution in [0.25, 0.3) is 10.9 Å². The van der Waals surface area contributed by atoms with Crippen LogP contribution in [0.1, 0.15) is 39.4 Å². The van der Waals surface area contributed by atoms with Gasteiger partial charge < -0.3 is 15.2 Å². The molecule has 4 rings (SSSR count). The lowest BCUT2D eigenvalue weighted by Gasteiger charge is -2.17. The second-order valence-electron chi connectivity index (χ2n) is 9.39. The summed E-state index contributed by atoms with van der Waals surface area (Å²) in [5, 5.41) is 14.5. The molecule has 1 heterocycles. The van der Waals surface area contributed by atoms with Crippen molar-refractivity contribution in [1.82, 2.24) is 9.71 Å². The Morgan fingerprint density at radius 3 is 2.38 bits per heavy atom. The van der Waals surface area contributed by atoms with Crippen molar-refractivity contribution >= 4 is 26.7 Å². The predicted molar refractivity (Wildman–Crippen MR) is 134 cm³/mol. The fraction of sp³-hybridized carbons (Fsp3) is 0.423. The summed E-state index contributed by atoms with van der Waals surface area (Å²) in [5.41, 5.74) is 1.38. The molecule has 1 aromatic heterocycles. The maximum Gasteiger partial charge on any atom is 0.244 e. The molecule has 0 bridgehead atoms. The molecule has 0 radical (unpaired) electrons. The number of rotatable bonds is 10. The monoisotopic (exact) mass is 483 g/mol. The maximum absolute atomic E-state index is 13.2. The van der Waals surface area contributed by atoms with Crippen molar-refractivity contribution in [2.75, 3.05) is 18.4 Å². The summed E-state index contributed by atoms with van der Waals surface area (Å²) in [5.74, 6) is 2.34. The van der Waals surface area contributed by atoms with Crippen LogP contribution in [0.3, 0.4) is 0 Å². The SMILES string of the molecule is CC(C)Oc1ccc(C(O)CNc2nc3ccccc3cc2S(=O)(=O)NCC2[C@@H](C)[C@@H]2C)cc1. The molecule has 1 unspecified atom stereocenters. The zero-order valence-electron chi connectivity index (χ0n) is 20.0. The number of pyridine rings is 1. The minimum Gasteiger partial charge on any atom is -0.491 e. The summed E-state index contributed by atoms with van der Waals surface area (Å²) in [6.45, 7) is 8.69. The van der Waals surface area contributed by atoms with Crippen LogP contribution in [0.4, 0.5) is 5.82 Å². The van der Waals surface area contributed by atoms with E-state index in [0.717, 1.165) is 11.1 Å². The maximum atomic E-state index is 13.2. The summed E-state index contributed by atoms with van der Waals surface area (Å²) in [7, 11) is -3.79. The summed E-state index contributed by atoms with van der Waals surface area (Å²) in [6, 6.07) is 16.2. The summed E-state index contributed by atoms with van der Waals surface area (Å²) in [4.78, 5) is 4.65. The first-order valence-electron chi connectivity index (χ1n) is 11.7. The molecule has 34 heavy (non-hydrogen) atoms. The van der Waals surface area contributed by atoms with Gasteiger partial charge in [0.05, 0.1) is 17.7 Å². The van der Waals surface area contributed by atoms with Crippen molar-refractivity contribution in [3.8, 4) is 5.75 Å². The lowest BCUT2D eigenvalue weighted by atomic mass is 10.1. The molecule has 2 aromatic carbocycles. The molecule has 1 fully saturated rings. The van der Waals surface area contributed by atoms with E-state index >= 15 is 0 Å². The Labute approximate surface area is 201 Å². The van der Waals surface area contributed by atoms with Gasteiger partial charge in [0.15, 0.2) is 0 Å². The topological polar surface area (TPSA) is 101 Å². The number of hydrogen-bond acceptors (Lipinski definition) is 6. The van der Waals surface area contributed by atoms with E-state index in [4.69, 9.17) is 4.74 Å². The summed E-state index contributed by atoms with van der Waals surface area (Å²) < 4.78 is 34.8. The van der Waals surface area contributed by atoms with E-state index in [-0.39, 0.29) is 23.4 Å². The number of hydrogen-bond donors (Lipinski definition) is 3. The van der Waals surface area contributed by atoms with Crippen molar-refractivity contribution in [2.24, 2.45) is 17.8 Å². The molecule has 3 aromatic rings. The van der Waals surface area contributed by atoms with Crippen molar-refractivity contribution in [3.63, 3.8) is 0 Å². The zero-order valence-corrected chi connectivity index (χ0v) is 20.8. The molecule has 7 nitrogen and oxygen atoms in total. The number of para-hydroxylation sites is 1. The molecule has 1 saturated carbocycles. The smallest absolute Gasteiger partial charge is 0.244 e. The number of aliphatic hydroxyl groups excluding tert-OH is 1. The predicted octanol–water partition coefficient (Wildman–Crippen LogP) is 4.35. The van der Waals surface area contributed by atoms with Gasteiger partial charge in [0.1, 0.15) is 16.5 Å². The number of aromatic nitrogens is 1. The molecule has 3 N–H and O–H groups in total. The fourth-order valence-electron chi connectivity index (χ4n) is 4.20. The number of sulfonamides is 1. The average molecular weight is 484 g/mol. The van der Waals surface area contributed by atoms with Gasteiger partial charge in [0.25, 0.3) is 0 Å². The second-order valence-corrected chi connectivity index (χ2v) is 11.1. The van der Waals surface area contributed by atoms with Crippen LogP contribution in [0.15, 0.2) is 59.5 Å². The van der Waals surface area contributed by atoms with Crippen LogP contribution in [-0.4, -0.2) is 37.7 Å². The molecule has 0 spiro atoms. The highest BCUT2D eigenvalue weighted by molar-refractivity contribution is 7.89. The van der Waals surface area contributed by atoms with Gasteiger partial charge in [-0.15, -0.1) is 0 Å². The summed E-state index contributed by atoms with van der Waals surface area (Å²) >= 11 is 0. The number of benzene rings is 2. The first-order chi connectivity index (χ1) is 16.2. The number of ether oxygens (including phenoxy) is 1. The minimum absolute atomic E-state index is 0.0664. The summed E-state index contributed by atoms with van der Waals surface area (Å²) in [6.07, 6.45) is -0.783. The van der Waals surface area contributed by atoms with Crippen molar-refractivity contribution < 1.29 is 18.3 Å². The Morgan fingerprint density at radius 2 is 1.74 bits per heavy atom. The molecule has 1 aliphatic rings. The minimum atomic E-state index is -3.79. The molecule has 0 amide bonds. The molecule has 0 saturated heterocycles.